The van der Waals surface area contributed by atoms with Crippen LogP contribution >= 0.6 is 0 Å². The highest BCUT2D eigenvalue weighted by Crippen LogP contribution is 2.07. The van der Waals surface area contributed by atoms with Crippen molar-refractivity contribution in [3.8, 4) is 0 Å². The monoisotopic (exact) mass is 254 g/mol. The Morgan fingerprint density at radius 3 is 2.61 bits per heavy atom. The van der Waals surface area contributed by atoms with E-state index >= 15 is 0 Å². The lowest BCUT2D eigenvalue weighted by Crippen LogP contribution is -2.08. The fraction of sp³-hybridized carbons (Fsp3) is 0.636. The van der Waals surface area contributed by atoms with Crippen molar-refractivity contribution in [2.24, 2.45) is 0 Å². The number of hydrogen-bond donors (Lipinski definition) is 1. The number of anilines is 1. The van der Waals surface area contributed by atoms with E-state index in [-0.39, 0.29) is 5.69 Å². The Kier molecular flexibility index (Phi) is 6.63. The maximum absolute atomic E-state index is 10.4. The maximum Gasteiger partial charge on any atom is 0.305 e. The van der Waals surface area contributed by atoms with Gasteiger partial charge >= 0.3 is 5.69 Å². The second kappa shape index (κ2) is 8.35. The summed E-state index contributed by atoms with van der Waals surface area (Å²) >= 11 is 0. The van der Waals surface area contributed by atoms with Crippen LogP contribution in [0.3, 0.4) is 0 Å². The first-order valence-electron chi connectivity index (χ1n) is 6.02. The van der Waals surface area contributed by atoms with Crippen LogP contribution in [0.25, 0.3) is 0 Å². The van der Waals surface area contributed by atoms with E-state index in [1.165, 1.54) is 12.4 Å². The lowest BCUT2D eigenvalue weighted by molar-refractivity contribution is -0.385. The van der Waals surface area contributed by atoms with Crippen LogP contribution in [0.1, 0.15) is 26.2 Å². The van der Waals surface area contributed by atoms with Crippen molar-refractivity contribution >= 4 is 11.6 Å². The molecule has 0 bridgehead atoms. The molecule has 0 saturated heterocycles. The summed E-state index contributed by atoms with van der Waals surface area (Å²) in [4.78, 5) is 17.5. The number of nitrogens with zero attached hydrogens (tertiary/aromatic N) is 3. The molecule has 1 rings (SSSR count). The Hall–Kier alpha value is -1.76. The van der Waals surface area contributed by atoms with Crippen LogP contribution in [0.5, 0.6) is 0 Å². The van der Waals surface area contributed by atoms with Gasteiger partial charge in [0.1, 0.15) is 12.4 Å². The third-order valence-electron chi connectivity index (χ3n) is 2.24. The molecule has 7 nitrogen and oxygen atoms in total. The van der Waals surface area contributed by atoms with Crippen molar-refractivity contribution in [3.63, 3.8) is 0 Å². The van der Waals surface area contributed by atoms with Crippen LogP contribution in [-0.4, -0.2) is 34.6 Å². The Morgan fingerprint density at radius 1 is 1.33 bits per heavy atom. The molecule has 0 aromatic carbocycles. The molecular weight excluding hydrogens is 236 g/mol. The Morgan fingerprint density at radius 2 is 2.00 bits per heavy atom. The second-order valence-electron chi connectivity index (χ2n) is 3.77. The molecule has 0 aliphatic carbocycles. The Bertz CT molecular complexity index is 356. The predicted octanol–water partition coefficient (Wildman–Crippen LogP) is 2.00. The smallest absolute Gasteiger partial charge is 0.305 e. The molecule has 0 fully saturated rings. The van der Waals surface area contributed by atoms with Crippen LogP contribution in [0, 0.1) is 10.1 Å². The minimum Gasteiger partial charge on any atom is -0.381 e. The molecule has 0 spiro atoms. The van der Waals surface area contributed by atoms with Crippen molar-refractivity contribution in [1.29, 1.82) is 0 Å². The van der Waals surface area contributed by atoms with Gasteiger partial charge in [0.05, 0.1) is 4.92 Å². The van der Waals surface area contributed by atoms with E-state index in [1.807, 2.05) is 0 Å². The molecule has 1 aromatic rings. The number of ether oxygens (including phenoxy) is 1. The van der Waals surface area contributed by atoms with Crippen molar-refractivity contribution in [2.45, 2.75) is 26.2 Å². The minimum absolute atomic E-state index is 0.108. The van der Waals surface area contributed by atoms with Gasteiger partial charge < -0.3 is 10.1 Å². The van der Waals surface area contributed by atoms with Crippen molar-refractivity contribution < 1.29 is 9.66 Å². The van der Waals surface area contributed by atoms with Crippen LogP contribution < -0.4 is 5.32 Å². The van der Waals surface area contributed by atoms with Gasteiger partial charge in [-0.25, -0.2) is 9.97 Å². The van der Waals surface area contributed by atoms with Gasteiger partial charge in [-0.3, -0.25) is 10.1 Å². The summed E-state index contributed by atoms with van der Waals surface area (Å²) in [6, 6.07) is 0. The number of rotatable bonds is 9. The van der Waals surface area contributed by atoms with E-state index in [9.17, 15) is 10.1 Å². The third kappa shape index (κ3) is 5.53. The summed E-state index contributed by atoms with van der Waals surface area (Å²) in [5.41, 5.74) is -0.108. The van der Waals surface area contributed by atoms with Gasteiger partial charge in [0.15, 0.2) is 0 Å². The standard InChI is InChI=1S/C11H18N4O3/c1-2-3-6-18-7-4-5-12-11-13-8-10(9-14-11)15(16)17/h8-9H,2-7H2,1H3,(H,12,13,14). The van der Waals surface area contributed by atoms with Gasteiger partial charge in [-0.15, -0.1) is 0 Å². The molecule has 7 heteroatoms. The fourth-order valence-electron chi connectivity index (χ4n) is 1.23. The predicted molar refractivity (Wildman–Crippen MR) is 67.5 cm³/mol. The fourth-order valence-corrected chi connectivity index (χ4v) is 1.23. The van der Waals surface area contributed by atoms with E-state index < -0.39 is 4.92 Å². The SMILES string of the molecule is CCCCOCCCNc1ncc([N+](=O)[O-])cn1. The average molecular weight is 254 g/mol. The molecule has 0 radical (unpaired) electrons. The largest absolute Gasteiger partial charge is 0.381 e. The number of unbranched alkanes of at least 4 members (excludes halogenated alkanes) is 1. The molecule has 1 N–H and O–H groups in total. The first-order chi connectivity index (χ1) is 8.74. The highest BCUT2D eigenvalue weighted by atomic mass is 16.6. The second-order valence-corrected chi connectivity index (χ2v) is 3.77. The zero-order valence-corrected chi connectivity index (χ0v) is 10.5. The average Bonchev–Trinajstić information content (AvgIpc) is 2.38. The molecule has 0 unspecified atom stereocenters. The summed E-state index contributed by atoms with van der Waals surface area (Å²) in [5, 5.41) is 13.4. The quantitative estimate of drug-likeness (QED) is 0.412. The topological polar surface area (TPSA) is 90.2 Å². The number of aromatic nitrogens is 2. The Balaban J connectivity index is 2.14. The highest BCUT2D eigenvalue weighted by molar-refractivity contribution is 5.30. The highest BCUT2D eigenvalue weighted by Gasteiger charge is 2.05. The van der Waals surface area contributed by atoms with E-state index in [1.54, 1.807) is 0 Å². The molecule has 1 aromatic heterocycles. The molecule has 100 valence electrons. The Labute approximate surface area is 106 Å². The lowest BCUT2D eigenvalue weighted by atomic mass is 10.4. The summed E-state index contributed by atoms with van der Waals surface area (Å²) in [6.45, 7) is 4.30. The number of nitro groups is 1. The molecule has 0 saturated carbocycles. The molecular formula is C11H18N4O3. The molecule has 1 heterocycles. The van der Waals surface area contributed by atoms with E-state index in [0.29, 0.717) is 19.1 Å². The lowest BCUT2D eigenvalue weighted by Gasteiger charge is -2.05. The molecule has 0 atom stereocenters. The van der Waals surface area contributed by atoms with Gasteiger partial charge in [-0.1, -0.05) is 13.3 Å². The number of hydrogen-bond acceptors (Lipinski definition) is 6. The summed E-state index contributed by atoms with van der Waals surface area (Å²) in [5.74, 6) is 0.397. The number of nitrogens with one attached hydrogen (secondary N) is 1. The zero-order valence-electron chi connectivity index (χ0n) is 10.5. The van der Waals surface area contributed by atoms with E-state index in [2.05, 4.69) is 22.2 Å². The molecule has 18 heavy (non-hydrogen) atoms. The van der Waals surface area contributed by atoms with Gasteiger partial charge in [0, 0.05) is 19.8 Å². The summed E-state index contributed by atoms with van der Waals surface area (Å²) in [6.07, 6.45) is 5.44. The summed E-state index contributed by atoms with van der Waals surface area (Å²) < 4.78 is 5.39. The first-order valence-corrected chi connectivity index (χ1v) is 6.02. The molecule has 0 aliphatic rings. The van der Waals surface area contributed by atoms with Gasteiger partial charge in [0.25, 0.3) is 0 Å². The van der Waals surface area contributed by atoms with Gasteiger partial charge in [-0.05, 0) is 12.8 Å². The first kappa shape index (κ1) is 14.3. The van der Waals surface area contributed by atoms with Gasteiger partial charge in [-0.2, -0.15) is 0 Å². The van der Waals surface area contributed by atoms with Crippen molar-refractivity contribution in [3.05, 3.63) is 22.5 Å². The maximum atomic E-state index is 10.4. The summed E-state index contributed by atoms with van der Waals surface area (Å²) in [7, 11) is 0. The van der Waals surface area contributed by atoms with Gasteiger partial charge in [0.2, 0.25) is 5.95 Å². The van der Waals surface area contributed by atoms with Crippen molar-refractivity contribution in [2.75, 3.05) is 25.1 Å². The van der Waals surface area contributed by atoms with Crippen LogP contribution in [0.15, 0.2) is 12.4 Å². The molecule has 0 amide bonds. The van der Waals surface area contributed by atoms with E-state index in [0.717, 1.165) is 25.9 Å². The minimum atomic E-state index is -0.522. The van der Waals surface area contributed by atoms with Crippen LogP contribution in [-0.2, 0) is 4.74 Å². The van der Waals surface area contributed by atoms with Crippen LogP contribution in [0.4, 0.5) is 11.6 Å². The van der Waals surface area contributed by atoms with Crippen molar-refractivity contribution in [1.82, 2.24) is 9.97 Å². The third-order valence-corrected chi connectivity index (χ3v) is 2.24. The van der Waals surface area contributed by atoms with Crippen LogP contribution in [0.2, 0.25) is 0 Å². The zero-order chi connectivity index (χ0) is 13.2. The molecule has 0 aliphatic heterocycles. The van der Waals surface area contributed by atoms with E-state index in [4.69, 9.17) is 4.74 Å². The normalized spacial score (nSPS) is 10.3.